The molecule has 41 heavy (non-hydrogen) atoms. The van der Waals surface area contributed by atoms with Gasteiger partial charge in [-0.15, -0.1) is 0 Å². The van der Waals surface area contributed by atoms with Gasteiger partial charge >= 0.3 is 5.69 Å². The number of amides is 1. The van der Waals surface area contributed by atoms with Crippen LogP contribution < -0.4 is 15.6 Å². The minimum atomic E-state index is -0.626. The van der Waals surface area contributed by atoms with E-state index in [9.17, 15) is 24.1 Å². The van der Waals surface area contributed by atoms with Crippen LogP contribution in [-0.2, 0) is 4.79 Å². The highest BCUT2D eigenvalue weighted by Crippen LogP contribution is 2.33. The van der Waals surface area contributed by atoms with Crippen molar-refractivity contribution in [1.82, 2.24) is 9.66 Å². The molecule has 0 bridgehead atoms. The van der Waals surface area contributed by atoms with Crippen LogP contribution in [0.2, 0.25) is 0 Å². The van der Waals surface area contributed by atoms with Crippen LogP contribution in [0.1, 0.15) is 49.4 Å². The number of nitro groups is 1. The van der Waals surface area contributed by atoms with E-state index in [4.69, 9.17) is 9.72 Å². The molecular weight excluding hydrogens is 597 g/mol. The molecule has 1 N–H and O–H groups in total. The van der Waals surface area contributed by atoms with Gasteiger partial charge in [0, 0.05) is 27.7 Å². The maximum atomic E-state index is 13.6. The number of aromatic nitrogens is 2. The third-order valence-electron chi connectivity index (χ3n) is 6.81. The maximum absolute atomic E-state index is 13.6. The number of rotatable bonds is 8. The van der Waals surface area contributed by atoms with E-state index in [-0.39, 0.29) is 28.5 Å². The van der Waals surface area contributed by atoms with E-state index in [2.05, 4.69) is 26.3 Å². The minimum Gasteiger partial charge on any atom is -0.476 e. The molecule has 0 aliphatic heterocycles. The van der Waals surface area contributed by atoms with Crippen molar-refractivity contribution in [2.45, 2.75) is 38.0 Å². The average molecular weight is 622 g/mol. The van der Waals surface area contributed by atoms with Gasteiger partial charge in [0.25, 0.3) is 11.5 Å². The fourth-order valence-electron chi connectivity index (χ4n) is 4.84. The van der Waals surface area contributed by atoms with E-state index < -0.39 is 23.3 Å². The standard InChI is InChI=1S/C29H25BrFN5O5/c30-20-9-14-24-23(15-20)29(38)35(28(34-24)18-5-2-1-3-6-18)32-16-19-7-4-8-25(36(39)40)27(19)41-17-26(37)33-22-12-10-21(31)11-13-22/h4,7-16,18H,1-3,5-6,17H2,(H,33,37). The number of hydrogen-bond acceptors (Lipinski definition) is 7. The third-order valence-corrected chi connectivity index (χ3v) is 7.31. The predicted octanol–water partition coefficient (Wildman–Crippen LogP) is 6.15. The van der Waals surface area contributed by atoms with Crippen LogP contribution in [-0.4, -0.2) is 33.3 Å². The third kappa shape index (κ3) is 6.49. The Morgan fingerprint density at radius 3 is 2.66 bits per heavy atom. The smallest absolute Gasteiger partial charge is 0.311 e. The average Bonchev–Trinajstić information content (AvgIpc) is 2.97. The molecule has 0 radical (unpaired) electrons. The molecule has 1 aromatic heterocycles. The van der Waals surface area contributed by atoms with Crippen LogP contribution in [0.25, 0.3) is 10.9 Å². The molecule has 1 heterocycles. The van der Waals surface area contributed by atoms with Crippen molar-refractivity contribution < 1.29 is 18.8 Å². The molecule has 0 spiro atoms. The number of fused-ring (bicyclic) bond motifs is 1. The van der Waals surface area contributed by atoms with Crippen LogP contribution in [0.3, 0.4) is 0 Å². The van der Waals surface area contributed by atoms with Crippen LogP contribution in [0.15, 0.2) is 75.0 Å². The molecule has 5 rings (SSSR count). The van der Waals surface area contributed by atoms with Gasteiger partial charge in [-0.25, -0.2) is 9.37 Å². The molecule has 1 aliphatic rings. The van der Waals surface area contributed by atoms with Gasteiger partial charge in [-0.3, -0.25) is 19.7 Å². The lowest BCUT2D eigenvalue weighted by Gasteiger charge is -2.22. The number of halogens is 2. The first-order chi connectivity index (χ1) is 19.8. The van der Waals surface area contributed by atoms with Crippen molar-refractivity contribution in [3.8, 4) is 5.75 Å². The lowest BCUT2D eigenvalue weighted by atomic mass is 9.88. The number of anilines is 1. The molecule has 1 amide bonds. The molecule has 0 saturated heterocycles. The summed E-state index contributed by atoms with van der Waals surface area (Å²) < 4.78 is 20.8. The highest BCUT2D eigenvalue weighted by molar-refractivity contribution is 9.10. The molecule has 0 unspecified atom stereocenters. The Labute approximate surface area is 242 Å². The molecule has 1 fully saturated rings. The molecule has 3 aromatic carbocycles. The van der Waals surface area contributed by atoms with Crippen molar-refractivity contribution in [3.05, 3.63) is 103 Å². The molecule has 1 aliphatic carbocycles. The number of para-hydroxylation sites is 1. The van der Waals surface area contributed by atoms with Crippen LogP contribution >= 0.6 is 15.9 Å². The monoisotopic (exact) mass is 621 g/mol. The van der Waals surface area contributed by atoms with Gasteiger partial charge < -0.3 is 10.1 Å². The molecule has 10 nitrogen and oxygen atoms in total. The Hall–Kier alpha value is -4.45. The summed E-state index contributed by atoms with van der Waals surface area (Å²) in [7, 11) is 0. The second-order valence-electron chi connectivity index (χ2n) is 9.62. The number of nitrogens with zero attached hydrogens (tertiary/aromatic N) is 4. The molecule has 12 heteroatoms. The van der Waals surface area contributed by atoms with E-state index in [1.807, 2.05) is 6.07 Å². The Balaban J connectivity index is 1.49. The topological polar surface area (TPSA) is 129 Å². The number of nitro benzene ring substituents is 1. The lowest BCUT2D eigenvalue weighted by Crippen LogP contribution is -2.25. The highest BCUT2D eigenvalue weighted by atomic mass is 79.9. The summed E-state index contributed by atoms with van der Waals surface area (Å²) in [5, 5.41) is 19.2. The summed E-state index contributed by atoms with van der Waals surface area (Å²) in [6.45, 7) is -0.554. The van der Waals surface area contributed by atoms with Crippen LogP contribution in [0, 0.1) is 15.9 Å². The van der Waals surface area contributed by atoms with E-state index >= 15 is 0 Å². The quantitative estimate of drug-likeness (QED) is 0.143. The lowest BCUT2D eigenvalue weighted by molar-refractivity contribution is -0.385. The summed E-state index contributed by atoms with van der Waals surface area (Å²) >= 11 is 3.40. The normalized spacial score (nSPS) is 13.9. The Morgan fingerprint density at radius 2 is 1.93 bits per heavy atom. The van der Waals surface area contributed by atoms with E-state index in [0.29, 0.717) is 22.4 Å². The Morgan fingerprint density at radius 1 is 1.17 bits per heavy atom. The second kappa shape index (κ2) is 12.4. The van der Waals surface area contributed by atoms with Gasteiger partial charge in [-0.2, -0.15) is 9.78 Å². The van der Waals surface area contributed by atoms with Crippen molar-refractivity contribution in [3.63, 3.8) is 0 Å². The zero-order valence-corrected chi connectivity index (χ0v) is 23.3. The SMILES string of the molecule is O=C(COc1c(C=Nn2c(C3CCCCC3)nc3ccc(Br)cc3c2=O)cccc1[N+](=O)[O-])Nc1ccc(F)cc1. The largest absolute Gasteiger partial charge is 0.476 e. The van der Waals surface area contributed by atoms with Crippen LogP contribution in [0.5, 0.6) is 5.75 Å². The second-order valence-corrected chi connectivity index (χ2v) is 10.5. The number of nitrogens with one attached hydrogen (secondary N) is 1. The van der Waals surface area contributed by atoms with Crippen LogP contribution in [0.4, 0.5) is 15.8 Å². The van der Waals surface area contributed by atoms with Gasteiger partial charge in [0.1, 0.15) is 11.6 Å². The molecule has 4 aromatic rings. The zero-order chi connectivity index (χ0) is 28.9. The molecule has 1 saturated carbocycles. The fourth-order valence-corrected chi connectivity index (χ4v) is 5.20. The Bertz CT molecular complexity index is 1700. The summed E-state index contributed by atoms with van der Waals surface area (Å²) in [4.78, 5) is 42.0. The predicted molar refractivity (Wildman–Crippen MR) is 156 cm³/mol. The first-order valence-electron chi connectivity index (χ1n) is 13.0. The van der Waals surface area contributed by atoms with Gasteiger partial charge in [-0.1, -0.05) is 41.3 Å². The van der Waals surface area contributed by atoms with Gasteiger partial charge in [0.05, 0.1) is 22.0 Å². The van der Waals surface area contributed by atoms with E-state index in [1.165, 1.54) is 47.3 Å². The summed E-state index contributed by atoms with van der Waals surface area (Å²) in [6, 6.07) is 14.7. The minimum absolute atomic E-state index is 0.0395. The summed E-state index contributed by atoms with van der Waals surface area (Å²) in [5.74, 6) is -0.662. The van der Waals surface area contributed by atoms with Crippen molar-refractivity contribution in [1.29, 1.82) is 0 Å². The highest BCUT2D eigenvalue weighted by Gasteiger charge is 2.24. The number of ether oxygens (including phenoxy) is 1. The van der Waals surface area contributed by atoms with Crippen molar-refractivity contribution in [2.75, 3.05) is 11.9 Å². The number of carbonyl (C=O) groups is 1. The van der Waals surface area contributed by atoms with Crippen molar-refractivity contribution >= 4 is 50.3 Å². The van der Waals surface area contributed by atoms with E-state index in [0.717, 1.165) is 36.6 Å². The summed E-state index contributed by atoms with van der Waals surface area (Å²) in [6.07, 6.45) is 6.21. The number of carbonyl (C=O) groups excluding carboxylic acids is 1. The van der Waals surface area contributed by atoms with Gasteiger partial charge in [-0.05, 0) is 61.4 Å². The fraction of sp³-hybridized carbons (Fsp3) is 0.241. The molecule has 210 valence electrons. The van der Waals surface area contributed by atoms with Crippen molar-refractivity contribution in [2.24, 2.45) is 5.10 Å². The van der Waals surface area contributed by atoms with Gasteiger partial charge in [0.15, 0.2) is 6.61 Å². The maximum Gasteiger partial charge on any atom is 0.311 e. The Kier molecular flexibility index (Phi) is 8.48. The zero-order valence-electron chi connectivity index (χ0n) is 21.8. The molecular formula is C29H25BrFN5O5. The first kappa shape index (κ1) is 28.1. The molecule has 0 atom stereocenters. The van der Waals surface area contributed by atoms with E-state index in [1.54, 1.807) is 18.2 Å². The number of hydrogen-bond donors (Lipinski definition) is 1. The number of benzene rings is 3. The first-order valence-corrected chi connectivity index (χ1v) is 13.8. The van der Waals surface area contributed by atoms with Gasteiger partial charge in [0.2, 0.25) is 5.75 Å². The summed E-state index contributed by atoms with van der Waals surface area (Å²) in [5.41, 5.74) is 0.374.